The van der Waals surface area contributed by atoms with Crippen molar-refractivity contribution < 1.29 is 28.0 Å². The topological polar surface area (TPSA) is 100 Å². The van der Waals surface area contributed by atoms with Crippen LogP contribution in [-0.2, 0) is 23.1 Å². The van der Waals surface area contributed by atoms with E-state index in [1.807, 2.05) is 0 Å². The van der Waals surface area contributed by atoms with Gasteiger partial charge in [-0.25, -0.2) is 4.57 Å². The molecule has 0 bridgehead atoms. The summed E-state index contributed by atoms with van der Waals surface area (Å²) in [5.74, 6) is 5.33. The molecule has 0 saturated heterocycles. The Hall–Kier alpha value is 0.690. The zero-order valence-electron chi connectivity index (χ0n) is 32.4. The predicted molar refractivity (Wildman–Crippen MR) is 217 cm³/mol. The summed E-state index contributed by atoms with van der Waals surface area (Å²) in [5.41, 5.74) is 5.39. The van der Waals surface area contributed by atoms with Gasteiger partial charge < -0.3 is 20.1 Å². The monoisotopic (exact) mass is 756 g/mol. The van der Waals surface area contributed by atoms with Gasteiger partial charge in [0.15, 0.2) is 0 Å². The standard InChI is InChI=1S/C39H82NO6PS2/c1-3-5-7-19-25-33-48-35-27-21-15-11-9-13-17-23-30-43-37-39(38-46-47(41,42)45-32-29-40)44-31-24-18-14-10-12-16-22-28-36-49-34-26-20-8-6-4-2/h39H,3-38,40H2,1-2H3,(H,41,42)/t39-/m1/s1. The molecule has 0 radical (unpaired) electrons. The summed E-state index contributed by atoms with van der Waals surface area (Å²) in [5, 5.41) is 0. The summed E-state index contributed by atoms with van der Waals surface area (Å²) >= 11 is 4.29. The second kappa shape index (κ2) is 41.4. The highest BCUT2D eigenvalue weighted by Gasteiger charge is 2.23. The normalized spacial score (nSPS) is 13.6. The Morgan fingerprint density at radius 1 is 0.510 bits per heavy atom. The molecule has 0 aromatic heterocycles. The minimum Gasteiger partial charge on any atom is -0.379 e. The van der Waals surface area contributed by atoms with Crippen LogP contribution in [-0.4, -0.2) is 73.6 Å². The molecular weight excluding hydrogens is 674 g/mol. The van der Waals surface area contributed by atoms with E-state index in [-0.39, 0.29) is 19.8 Å². The van der Waals surface area contributed by atoms with E-state index >= 15 is 0 Å². The van der Waals surface area contributed by atoms with Crippen LogP contribution in [0.1, 0.15) is 181 Å². The van der Waals surface area contributed by atoms with E-state index in [1.54, 1.807) is 0 Å². The van der Waals surface area contributed by atoms with Crippen LogP contribution in [0.2, 0.25) is 0 Å². The van der Waals surface area contributed by atoms with Crippen LogP contribution >= 0.6 is 31.3 Å². The fourth-order valence-electron chi connectivity index (χ4n) is 5.65. The molecule has 0 rings (SSSR count). The average Bonchev–Trinajstić information content (AvgIpc) is 3.10. The molecular formula is C39H82NO6PS2. The maximum absolute atomic E-state index is 12.1. The lowest BCUT2D eigenvalue weighted by Gasteiger charge is -2.20. The molecule has 296 valence electrons. The van der Waals surface area contributed by atoms with E-state index in [0.717, 1.165) is 19.3 Å². The van der Waals surface area contributed by atoms with Crippen LogP contribution in [0.15, 0.2) is 0 Å². The van der Waals surface area contributed by atoms with E-state index in [9.17, 15) is 9.46 Å². The van der Waals surface area contributed by atoms with Gasteiger partial charge in [-0.15, -0.1) is 0 Å². The van der Waals surface area contributed by atoms with Crippen molar-refractivity contribution in [3.05, 3.63) is 0 Å². The third kappa shape index (κ3) is 41.3. The average molecular weight is 756 g/mol. The second-order valence-corrected chi connectivity index (χ2v) is 17.6. The molecule has 0 spiro atoms. The van der Waals surface area contributed by atoms with E-state index in [0.29, 0.717) is 19.8 Å². The Morgan fingerprint density at radius 3 is 1.33 bits per heavy atom. The Balaban J connectivity index is 3.84. The molecule has 0 aliphatic carbocycles. The van der Waals surface area contributed by atoms with E-state index in [4.69, 9.17) is 24.3 Å². The molecule has 0 heterocycles. The van der Waals surface area contributed by atoms with Gasteiger partial charge in [0, 0.05) is 19.8 Å². The van der Waals surface area contributed by atoms with Gasteiger partial charge in [0.05, 0.1) is 19.8 Å². The van der Waals surface area contributed by atoms with Crippen molar-refractivity contribution in [1.29, 1.82) is 0 Å². The lowest BCUT2D eigenvalue weighted by atomic mass is 10.1. The molecule has 0 aliphatic rings. The van der Waals surface area contributed by atoms with Gasteiger partial charge in [-0.05, 0) is 61.5 Å². The third-order valence-electron chi connectivity index (χ3n) is 8.75. The number of thioether (sulfide) groups is 2. The van der Waals surface area contributed by atoms with E-state index < -0.39 is 13.9 Å². The van der Waals surface area contributed by atoms with Crippen molar-refractivity contribution in [2.24, 2.45) is 5.73 Å². The van der Waals surface area contributed by atoms with Crippen molar-refractivity contribution in [2.45, 2.75) is 187 Å². The first-order chi connectivity index (χ1) is 24.1. The quantitative estimate of drug-likeness (QED) is 0.0465. The van der Waals surface area contributed by atoms with E-state index in [2.05, 4.69) is 37.4 Å². The molecule has 0 amide bonds. The first-order valence-electron chi connectivity index (χ1n) is 20.7. The number of nitrogens with two attached hydrogens (primary N) is 1. The Kier molecular flexibility index (Phi) is 42.0. The summed E-state index contributed by atoms with van der Waals surface area (Å²) in [4.78, 5) is 9.90. The van der Waals surface area contributed by atoms with Gasteiger partial charge in [-0.1, -0.05) is 142 Å². The minimum absolute atomic E-state index is 0.0215. The lowest BCUT2D eigenvalue weighted by Crippen LogP contribution is -2.26. The van der Waals surface area contributed by atoms with Crippen molar-refractivity contribution >= 4 is 31.3 Å². The molecule has 0 fully saturated rings. The zero-order valence-corrected chi connectivity index (χ0v) is 34.9. The molecule has 3 N–H and O–H groups in total. The second-order valence-electron chi connectivity index (χ2n) is 13.7. The molecule has 10 heteroatoms. The Labute approximate surface area is 313 Å². The van der Waals surface area contributed by atoms with E-state index in [1.165, 1.54) is 171 Å². The maximum atomic E-state index is 12.1. The van der Waals surface area contributed by atoms with Gasteiger partial charge in [0.25, 0.3) is 0 Å². The van der Waals surface area contributed by atoms with Crippen LogP contribution in [0.25, 0.3) is 0 Å². The van der Waals surface area contributed by atoms with Crippen LogP contribution < -0.4 is 5.73 Å². The van der Waals surface area contributed by atoms with Crippen LogP contribution in [0.4, 0.5) is 0 Å². The summed E-state index contributed by atoms with van der Waals surface area (Å²) < 4.78 is 34.1. The van der Waals surface area contributed by atoms with Crippen LogP contribution in [0.5, 0.6) is 0 Å². The summed E-state index contributed by atoms with van der Waals surface area (Å²) in [6, 6.07) is 0. The van der Waals surface area contributed by atoms with Crippen LogP contribution in [0.3, 0.4) is 0 Å². The van der Waals surface area contributed by atoms with Crippen molar-refractivity contribution in [1.82, 2.24) is 0 Å². The first-order valence-corrected chi connectivity index (χ1v) is 24.5. The number of phosphoric ester groups is 1. The molecule has 49 heavy (non-hydrogen) atoms. The zero-order chi connectivity index (χ0) is 35.8. The van der Waals surface area contributed by atoms with Gasteiger partial charge >= 0.3 is 7.82 Å². The van der Waals surface area contributed by atoms with Crippen molar-refractivity contribution in [2.75, 3.05) is 62.6 Å². The van der Waals surface area contributed by atoms with Crippen molar-refractivity contribution in [3.8, 4) is 0 Å². The number of hydrogen-bond donors (Lipinski definition) is 2. The number of ether oxygens (including phenoxy) is 2. The van der Waals surface area contributed by atoms with Gasteiger partial charge in [0.1, 0.15) is 6.10 Å². The number of unbranched alkanes of at least 4 members (excludes halogenated alkanes) is 22. The molecule has 7 nitrogen and oxygen atoms in total. The summed E-state index contributed by atoms with van der Waals surface area (Å²) in [7, 11) is -4.14. The summed E-state index contributed by atoms with van der Waals surface area (Å²) in [6.07, 6.45) is 33.6. The number of rotatable bonds is 43. The highest BCUT2D eigenvalue weighted by Crippen LogP contribution is 2.43. The summed E-state index contributed by atoms with van der Waals surface area (Å²) in [6.45, 7) is 6.29. The molecule has 1 unspecified atom stereocenters. The number of phosphoric acid groups is 1. The fraction of sp³-hybridized carbons (Fsp3) is 1.00. The highest BCUT2D eigenvalue weighted by molar-refractivity contribution is 7.99. The SMILES string of the molecule is CCCCCCCSCCCCCCCCCCOC[C@H](COP(=O)(O)OCCN)OCCCCCCCCCCSCCCCCCC. The minimum atomic E-state index is -4.14. The van der Waals surface area contributed by atoms with Gasteiger partial charge in [-0.3, -0.25) is 9.05 Å². The highest BCUT2D eigenvalue weighted by atomic mass is 32.2. The molecule has 0 aliphatic heterocycles. The first kappa shape index (κ1) is 49.7. The maximum Gasteiger partial charge on any atom is 0.472 e. The molecule has 0 aromatic carbocycles. The molecule has 2 atom stereocenters. The lowest BCUT2D eigenvalue weighted by molar-refractivity contribution is -0.0443. The number of hydrogen-bond acceptors (Lipinski definition) is 8. The molecule has 0 saturated carbocycles. The van der Waals surface area contributed by atoms with Gasteiger partial charge in [0.2, 0.25) is 0 Å². The Morgan fingerprint density at radius 2 is 0.898 bits per heavy atom. The smallest absolute Gasteiger partial charge is 0.379 e. The third-order valence-corrected chi connectivity index (χ3v) is 12.0. The van der Waals surface area contributed by atoms with Crippen LogP contribution in [0, 0.1) is 0 Å². The predicted octanol–water partition coefficient (Wildman–Crippen LogP) is 12.1. The van der Waals surface area contributed by atoms with Crippen molar-refractivity contribution in [3.63, 3.8) is 0 Å². The largest absolute Gasteiger partial charge is 0.472 e. The van der Waals surface area contributed by atoms with Gasteiger partial charge in [-0.2, -0.15) is 23.5 Å². The Bertz CT molecular complexity index is 681. The fourth-order valence-corrected chi connectivity index (χ4v) is 8.45. The molecule has 0 aromatic rings.